The molecule has 0 radical (unpaired) electrons. The number of aliphatic hydroxyl groups is 1. The summed E-state index contributed by atoms with van der Waals surface area (Å²) in [5.74, 6) is -1.00. The van der Waals surface area contributed by atoms with Crippen LogP contribution in [0.5, 0.6) is 0 Å². The van der Waals surface area contributed by atoms with Crippen LogP contribution < -0.4 is 5.32 Å². The van der Waals surface area contributed by atoms with Gasteiger partial charge in [-0.1, -0.05) is 6.07 Å². The van der Waals surface area contributed by atoms with Crippen molar-refractivity contribution in [1.82, 2.24) is 30.1 Å². The largest absolute Gasteiger partial charge is 0.416 e. The fraction of sp³-hybridized carbons (Fsp3) is 0.433. The number of likely N-dealkylation sites (tertiary alicyclic amines) is 1. The molecule has 5 rings (SSSR count). The molecular weight excluding hydrogens is 549 g/mol. The molecule has 0 bridgehead atoms. The Labute approximate surface area is 241 Å². The minimum atomic E-state index is -4.55. The molecular formula is C30H33F3N6O3. The molecule has 12 heteroatoms. The van der Waals surface area contributed by atoms with Crippen LogP contribution in [-0.2, 0) is 16.6 Å². The van der Waals surface area contributed by atoms with Crippen molar-refractivity contribution >= 4 is 11.8 Å². The maximum Gasteiger partial charge on any atom is 0.416 e. The molecule has 3 aromatic rings. The number of rotatable bonds is 7. The summed E-state index contributed by atoms with van der Waals surface area (Å²) in [6.07, 6.45) is 5.51. The standard InChI is InChI=1S/C30H33F3N6O3/c1-38(23-7-10-29(42,11-8-23)26-6-5-21(16-36-26)25-17-34-12-13-35-25)24-9-14-39(19-24)27(40)18-37-28(41)20-3-2-4-22(15-20)30(31,32)33/h2-6,12-13,15-17,23-24,42H,7-11,14,18-19H2,1H3,(H,37,41). The quantitative estimate of drug-likeness (QED) is 0.438. The molecule has 42 heavy (non-hydrogen) atoms. The summed E-state index contributed by atoms with van der Waals surface area (Å²) in [6, 6.07) is 8.24. The smallest absolute Gasteiger partial charge is 0.384 e. The number of hydrogen-bond acceptors (Lipinski definition) is 7. The zero-order valence-corrected chi connectivity index (χ0v) is 23.2. The summed E-state index contributed by atoms with van der Waals surface area (Å²) in [4.78, 5) is 42.0. The average molecular weight is 583 g/mol. The van der Waals surface area contributed by atoms with Gasteiger partial charge in [0.1, 0.15) is 5.60 Å². The van der Waals surface area contributed by atoms with Crippen molar-refractivity contribution < 1.29 is 27.9 Å². The Morgan fingerprint density at radius 1 is 1.07 bits per heavy atom. The highest BCUT2D eigenvalue weighted by Crippen LogP contribution is 2.39. The SMILES string of the molecule is CN(C1CCC(O)(c2ccc(-c3cnccn3)cn2)CC1)C1CCN(C(=O)CNC(=O)c2cccc(C(F)(F)F)c2)C1. The highest BCUT2D eigenvalue weighted by molar-refractivity contribution is 5.96. The molecule has 1 saturated carbocycles. The Bertz CT molecular complexity index is 1400. The maximum absolute atomic E-state index is 13.0. The van der Waals surface area contributed by atoms with Gasteiger partial charge in [-0.3, -0.25) is 29.4 Å². The monoisotopic (exact) mass is 582 g/mol. The minimum absolute atomic E-state index is 0.133. The van der Waals surface area contributed by atoms with Crippen LogP contribution in [0.1, 0.15) is 53.7 Å². The predicted molar refractivity (Wildman–Crippen MR) is 148 cm³/mol. The van der Waals surface area contributed by atoms with Crippen LogP contribution >= 0.6 is 0 Å². The predicted octanol–water partition coefficient (Wildman–Crippen LogP) is 3.65. The number of halogens is 3. The van der Waals surface area contributed by atoms with Crippen LogP contribution in [0.25, 0.3) is 11.3 Å². The Morgan fingerprint density at radius 3 is 2.52 bits per heavy atom. The number of alkyl halides is 3. The summed E-state index contributed by atoms with van der Waals surface area (Å²) in [7, 11) is 2.04. The normalized spacial score (nSPS) is 22.8. The van der Waals surface area contributed by atoms with E-state index in [0.717, 1.165) is 42.7 Å². The van der Waals surface area contributed by atoms with Gasteiger partial charge in [-0.05, 0) is 69.5 Å². The van der Waals surface area contributed by atoms with Gasteiger partial charge in [-0.2, -0.15) is 13.2 Å². The van der Waals surface area contributed by atoms with E-state index in [0.29, 0.717) is 31.6 Å². The third kappa shape index (κ3) is 6.60. The van der Waals surface area contributed by atoms with Gasteiger partial charge < -0.3 is 15.3 Å². The van der Waals surface area contributed by atoms with Crippen molar-refractivity contribution in [2.75, 3.05) is 26.7 Å². The highest BCUT2D eigenvalue weighted by Gasteiger charge is 2.40. The van der Waals surface area contributed by atoms with E-state index in [9.17, 15) is 27.9 Å². The van der Waals surface area contributed by atoms with E-state index in [4.69, 9.17) is 0 Å². The van der Waals surface area contributed by atoms with Crippen molar-refractivity contribution in [3.8, 4) is 11.3 Å². The van der Waals surface area contributed by atoms with E-state index in [1.165, 1.54) is 12.1 Å². The van der Waals surface area contributed by atoms with Gasteiger partial charge in [0, 0.05) is 54.9 Å². The lowest BCUT2D eigenvalue weighted by atomic mass is 9.79. The minimum Gasteiger partial charge on any atom is -0.384 e. The number of carbonyl (C=O) groups is 2. The summed E-state index contributed by atoms with van der Waals surface area (Å²) >= 11 is 0. The molecule has 0 spiro atoms. The number of nitrogens with one attached hydrogen (secondary N) is 1. The van der Waals surface area contributed by atoms with Crippen molar-refractivity contribution in [3.05, 3.63) is 78.0 Å². The molecule has 1 unspecified atom stereocenters. The van der Waals surface area contributed by atoms with Crippen LogP contribution in [0, 0.1) is 0 Å². The van der Waals surface area contributed by atoms with Gasteiger partial charge in [0.2, 0.25) is 5.91 Å². The summed E-state index contributed by atoms with van der Waals surface area (Å²) < 4.78 is 38.9. The molecule has 1 saturated heterocycles. The molecule has 2 N–H and O–H groups in total. The van der Waals surface area contributed by atoms with Gasteiger partial charge in [0.25, 0.3) is 5.91 Å². The molecule has 222 valence electrons. The lowest BCUT2D eigenvalue weighted by Gasteiger charge is -2.41. The van der Waals surface area contributed by atoms with E-state index in [1.807, 2.05) is 19.2 Å². The number of aromatic nitrogens is 3. The van der Waals surface area contributed by atoms with E-state index in [1.54, 1.807) is 29.7 Å². The van der Waals surface area contributed by atoms with Gasteiger partial charge in [0.05, 0.1) is 29.7 Å². The summed E-state index contributed by atoms with van der Waals surface area (Å²) in [5, 5.41) is 13.8. The van der Waals surface area contributed by atoms with Crippen molar-refractivity contribution in [1.29, 1.82) is 0 Å². The second-order valence-corrected chi connectivity index (χ2v) is 11.0. The topological polar surface area (TPSA) is 112 Å². The first-order valence-corrected chi connectivity index (χ1v) is 13.9. The van der Waals surface area contributed by atoms with Crippen LogP contribution in [0.4, 0.5) is 13.2 Å². The lowest BCUT2D eigenvalue weighted by molar-refractivity contribution is -0.137. The number of amides is 2. The molecule has 1 atom stereocenters. The first kappa shape index (κ1) is 29.6. The molecule has 1 aromatic carbocycles. The number of pyridine rings is 1. The number of likely N-dealkylation sites (N-methyl/N-ethyl adjacent to an activating group) is 1. The summed E-state index contributed by atoms with van der Waals surface area (Å²) in [6.45, 7) is 0.748. The third-order valence-corrected chi connectivity index (χ3v) is 8.40. The molecule has 9 nitrogen and oxygen atoms in total. The molecule has 1 aliphatic heterocycles. The maximum atomic E-state index is 13.0. The highest BCUT2D eigenvalue weighted by atomic mass is 19.4. The Kier molecular flexibility index (Phi) is 8.55. The summed E-state index contributed by atoms with van der Waals surface area (Å²) in [5.41, 5.74) is 0.121. The van der Waals surface area contributed by atoms with Crippen molar-refractivity contribution in [2.24, 2.45) is 0 Å². The van der Waals surface area contributed by atoms with Gasteiger partial charge >= 0.3 is 6.18 Å². The lowest BCUT2D eigenvalue weighted by Crippen LogP contribution is -2.47. The molecule has 2 fully saturated rings. The number of carbonyl (C=O) groups excluding carboxylic acids is 2. The van der Waals surface area contributed by atoms with Crippen LogP contribution in [0.3, 0.4) is 0 Å². The van der Waals surface area contributed by atoms with E-state index in [2.05, 4.69) is 25.2 Å². The van der Waals surface area contributed by atoms with Gasteiger partial charge in [-0.15, -0.1) is 0 Å². The van der Waals surface area contributed by atoms with Gasteiger partial charge in [0.15, 0.2) is 0 Å². The fourth-order valence-electron chi connectivity index (χ4n) is 5.82. The molecule has 2 aliphatic rings. The van der Waals surface area contributed by atoms with Crippen molar-refractivity contribution in [3.63, 3.8) is 0 Å². The van der Waals surface area contributed by atoms with Crippen LogP contribution in [0.2, 0.25) is 0 Å². The Morgan fingerprint density at radius 2 is 1.86 bits per heavy atom. The number of nitrogens with zero attached hydrogens (tertiary/aromatic N) is 5. The van der Waals surface area contributed by atoms with E-state index < -0.39 is 23.2 Å². The van der Waals surface area contributed by atoms with E-state index >= 15 is 0 Å². The zero-order chi connectivity index (χ0) is 29.9. The first-order chi connectivity index (χ1) is 20.0. The van der Waals surface area contributed by atoms with Crippen molar-refractivity contribution in [2.45, 2.75) is 56.0 Å². The van der Waals surface area contributed by atoms with Gasteiger partial charge in [-0.25, -0.2) is 0 Å². The van der Waals surface area contributed by atoms with Crippen LogP contribution in [0.15, 0.2) is 61.2 Å². The molecule has 3 heterocycles. The average Bonchev–Trinajstić information content (AvgIpc) is 3.51. The second kappa shape index (κ2) is 12.1. The molecule has 2 amide bonds. The van der Waals surface area contributed by atoms with Crippen LogP contribution in [-0.4, -0.2) is 80.4 Å². The number of benzene rings is 1. The Balaban J connectivity index is 1.10. The first-order valence-electron chi connectivity index (χ1n) is 13.9. The Hall–Kier alpha value is -3.90. The fourth-order valence-corrected chi connectivity index (χ4v) is 5.82. The molecule has 1 aliphatic carbocycles. The van der Waals surface area contributed by atoms with E-state index in [-0.39, 0.29) is 30.1 Å². The zero-order valence-electron chi connectivity index (χ0n) is 23.2. The number of hydrogen-bond donors (Lipinski definition) is 2. The molecule has 2 aromatic heterocycles. The second-order valence-electron chi connectivity index (χ2n) is 11.0. The third-order valence-electron chi connectivity index (χ3n) is 8.40.